The normalized spacial score (nSPS) is 11.8. The van der Waals surface area contributed by atoms with E-state index in [9.17, 15) is 27.6 Å². The van der Waals surface area contributed by atoms with Gasteiger partial charge in [0, 0.05) is 18.3 Å². The van der Waals surface area contributed by atoms with Gasteiger partial charge in [0.15, 0.2) is 0 Å². The van der Waals surface area contributed by atoms with E-state index in [4.69, 9.17) is 4.74 Å². The van der Waals surface area contributed by atoms with Gasteiger partial charge in [-0.2, -0.15) is 18.4 Å². The van der Waals surface area contributed by atoms with Crippen LogP contribution in [0, 0.1) is 17.1 Å². The molecule has 0 aliphatic carbocycles. The molecule has 0 aliphatic rings. The van der Waals surface area contributed by atoms with Crippen LogP contribution in [-0.4, -0.2) is 17.1 Å². The van der Waals surface area contributed by atoms with Gasteiger partial charge in [0.1, 0.15) is 17.5 Å². The molecule has 2 aromatic carbocycles. The fraction of sp³-hybridized carbons (Fsp3) is 0.167. The first-order valence-electron chi connectivity index (χ1n) is 9.63. The molecule has 0 spiro atoms. The second-order valence-corrected chi connectivity index (χ2v) is 6.85. The Kier molecular flexibility index (Phi) is 6.79. The highest BCUT2D eigenvalue weighted by Crippen LogP contribution is 2.31. The number of esters is 1. The lowest BCUT2D eigenvalue weighted by atomic mass is 10.1. The molecule has 0 N–H and O–H groups in total. The molecule has 0 bridgehead atoms. The lowest BCUT2D eigenvalue weighted by Gasteiger charge is -2.12. The summed E-state index contributed by atoms with van der Waals surface area (Å²) < 4.78 is 60.2. The van der Waals surface area contributed by atoms with Crippen molar-refractivity contribution in [2.75, 3.05) is 6.61 Å². The van der Waals surface area contributed by atoms with Crippen LogP contribution in [0.3, 0.4) is 0 Å². The number of hydrogen-bond acceptors (Lipinski definition) is 3. The Morgan fingerprint density at radius 1 is 1.16 bits per heavy atom. The molecule has 0 amide bonds. The number of carbonyl (C=O) groups excluding carboxylic acids is 1. The number of carbonyl (C=O) groups is 1. The minimum absolute atomic E-state index is 0.0166. The molecule has 0 saturated carbocycles. The molecule has 0 saturated heterocycles. The van der Waals surface area contributed by atoms with Crippen molar-refractivity contribution in [1.82, 2.24) is 4.57 Å². The molecule has 1 heterocycles. The molecule has 4 nitrogen and oxygen atoms in total. The van der Waals surface area contributed by atoms with Crippen molar-refractivity contribution in [3.8, 4) is 17.3 Å². The number of halogens is 4. The van der Waals surface area contributed by atoms with Crippen molar-refractivity contribution in [2.24, 2.45) is 0 Å². The monoisotopic (exact) mass is 442 g/mol. The van der Waals surface area contributed by atoms with E-state index < -0.39 is 23.5 Å². The Balaban J connectivity index is 2.08. The largest absolute Gasteiger partial charge is 0.462 e. The molecular formula is C24H18F4N2O2. The fourth-order valence-electron chi connectivity index (χ4n) is 3.19. The zero-order chi connectivity index (χ0) is 23.3. The molecular weight excluding hydrogens is 424 g/mol. The number of nitrogens with zero attached hydrogens (tertiary/aromatic N) is 2. The SMILES string of the molecule is CCOC(=O)/C(C#N)=C/c1cc(-c2ccccc2F)n(Cc2cccc(C(F)(F)F)c2)c1. The number of benzene rings is 2. The van der Waals surface area contributed by atoms with E-state index in [-0.39, 0.29) is 24.3 Å². The van der Waals surface area contributed by atoms with E-state index >= 15 is 0 Å². The van der Waals surface area contributed by atoms with E-state index in [0.29, 0.717) is 16.8 Å². The van der Waals surface area contributed by atoms with Gasteiger partial charge < -0.3 is 9.30 Å². The van der Waals surface area contributed by atoms with Gasteiger partial charge in [-0.05, 0) is 54.5 Å². The molecule has 1 aromatic heterocycles. The van der Waals surface area contributed by atoms with E-state index in [1.165, 1.54) is 36.4 Å². The van der Waals surface area contributed by atoms with Crippen LogP contribution >= 0.6 is 0 Å². The molecule has 0 aliphatic heterocycles. The predicted molar refractivity (Wildman–Crippen MR) is 111 cm³/mol. The summed E-state index contributed by atoms with van der Waals surface area (Å²) in [6, 6.07) is 14.1. The quantitative estimate of drug-likeness (QED) is 0.209. The minimum atomic E-state index is -4.49. The Bertz CT molecular complexity index is 1200. The van der Waals surface area contributed by atoms with Crippen molar-refractivity contribution in [2.45, 2.75) is 19.6 Å². The summed E-state index contributed by atoms with van der Waals surface area (Å²) in [5, 5.41) is 9.27. The lowest BCUT2D eigenvalue weighted by Crippen LogP contribution is -2.07. The summed E-state index contributed by atoms with van der Waals surface area (Å²) in [7, 11) is 0. The summed E-state index contributed by atoms with van der Waals surface area (Å²) in [5.74, 6) is -1.31. The standard InChI is InChI=1S/C24H18F4N2O2/c1-2-32-23(31)18(13-29)10-17-12-22(20-8-3-4-9-21(20)25)30(15-17)14-16-6-5-7-19(11-16)24(26,27)28/h3-12,15H,2,14H2,1H3/b18-10+. The highest BCUT2D eigenvalue weighted by molar-refractivity contribution is 5.98. The molecule has 3 aromatic rings. The second-order valence-electron chi connectivity index (χ2n) is 6.85. The number of rotatable bonds is 6. The average Bonchev–Trinajstić information content (AvgIpc) is 3.14. The van der Waals surface area contributed by atoms with Gasteiger partial charge in [0.2, 0.25) is 0 Å². The molecule has 164 valence electrons. The molecule has 0 fully saturated rings. The van der Waals surface area contributed by atoms with Gasteiger partial charge in [0.25, 0.3) is 0 Å². The minimum Gasteiger partial charge on any atom is -0.462 e. The first-order valence-corrected chi connectivity index (χ1v) is 9.63. The van der Waals surface area contributed by atoms with E-state index in [0.717, 1.165) is 12.1 Å². The zero-order valence-corrected chi connectivity index (χ0v) is 17.0. The maximum Gasteiger partial charge on any atom is 0.416 e. The van der Waals surface area contributed by atoms with Crippen LogP contribution in [0.15, 0.2) is 66.4 Å². The molecule has 3 rings (SSSR count). The maximum atomic E-state index is 14.5. The second kappa shape index (κ2) is 9.52. The van der Waals surface area contributed by atoms with Gasteiger partial charge in [-0.25, -0.2) is 9.18 Å². The Morgan fingerprint density at radius 2 is 1.91 bits per heavy atom. The zero-order valence-electron chi connectivity index (χ0n) is 17.0. The van der Waals surface area contributed by atoms with Crippen LogP contribution in [0.25, 0.3) is 17.3 Å². The summed E-state index contributed by atoms with van der Waals surface area (Å²) in [5.41, 5.74) is 0.336. The van der Waals surface area contributed by atoms with Crippen molar-refractivity contribution in [3.05, 3.63) is 88.9 Å². The molecule has 0 atom stereocenters. The van der Waals surface area contributed by atoms with Crippen LogP contribution in [0.1, 0.15) is 23.6 Å². The van der Waals surface area contributed by atoms with Crippen LogP contribution < -0.4 is 0 Å². The van der Waals surface area contributed by atoms with Crippen LogP contribution in [0.5, 0.6) is 0 Å². The maximum absolute atomic E-state index is 14.5. The number of hydrogen-bond donors (Lipinski definition) is 0. The summed E-state index contributed by atoms with van der Waals surface area (Å²) in [6.07, 6.45) is -1.65. The van der Waals surface area contributed by atoms with Gasteiger partial charge in [0.05, 0.1) is 17.9 Å². The van der Waals surface area contributed by atoms with Crippen molar-refractivity contribution in [3.63, 3.8) is 0 Å². The third kappa shape index (κ3) is 5.24. The first kappa shape index (κ1) is 22.8. The van der Waals surface area contributed by atoms with E-state index in [1.54, 1.807) is 35.9 Å². The molecule has 0 unspecified atom stereocenters. The summed E-state index contributed by atoms with van der Waals surface area (Å²) in [4.78, 5) is 11.9. The third-order valence-electron chi connectivity index (χ3n) is 4.60. The highest BCUT2D eigenvalue weighted by atomic mass is 19.4. The smallest absolute Gasteiger partial charge is 0.416 e. The highest BCUT2D eigenvalue weighted by Gasteiger charge is 2.30. The number of ether oxygens (including phenoxy) is 1. The first-order chi connectivity index (χ1) is 15.2. The van der Waals surface area contributed by atoms with Crippen molar-refractivity contribution >= 4 is 12.0 Å². The van der Waals surface area contributed by atoms with Gasteiger partial charge in [-0.1, -0.05) is 24.3 Å². The third-order valence-corrected chi connectivity index (χ3v) is 4.60. The predicted octanol–water partition coefficient (Wildman–Crippen LogP) is 5.83. The Labute approximate surface area is 182 Å². The van der Waals surface area contributed by atoms with Crippen LogP contribution in [0.2, 0.25) is 0 Å². The Hall–Kier alpha value is -3.86. The van der Waals surface area contributed by atoms with Crippen molar-refractivity contribution < 1.29 is 27.1 Å². The number of alkyl halides is 3. The van der Waals surface area contributed by atoms with E-state index in [1.807, 2.05) is 0 Å². The number of aromatic nitrogens is 1. The molecule has 32 heavy (non-hydrogen) atoms. The average molecular weight is 442 g/mol. The van der Waals surface area contributed by atoms with Crippen molar-refractivity contribution in [1.29, 1.82) is 5.26 Å². The number of nitriles is 1. The summed E-state index contributed by atoms with van der Waals surface area (Å²) >= 11 is 0. The summed E-state index contributed by atoms with van der Waals surface area (Å²) in [6.45, 7) is 1.71. The van der Waals surface area contributed by atoms with Gasteiger partial charge in [-0.15, -0.1) is 0 Å². The molecule has 0 radical (unpaired) electrons. The Morgan fingerprint density at radius 3 is 2.56 bits per heavy atom. The van der Waals surface area contributed by atoms with Gasteiger partial charge >= 0.3 is 12.1 Å². The van der Waals surface area contributed by atoms with Crippen LogP contribution in [0.4, 0.5) is 17.6 Å². The molecule has 8 heteroatoms. The van der Waals surface area contributed by atoms with Gasteiger partial charge in [-0.3, -0.25) is 0 Å². The fourth-order valence-corrected chi connectivity index (χ4v) is 3.19. The lowest BCUT2D eigenvalue weighted by molar-refractivity contribution is -0.138. The topological polar surface area (TPSA) is 55.0 Å². The van der Waals surface area contributed by atoms with Crippen LogP contribution in [-0.2, 0) is 22.3 Å². The van der Waals surface area contributed by atoms with E-state index in [2.05, 4.69) is 0 Å².